The Morgan fingerprint density at radius 3 is 2.86 bits per heavy atom. The van der Waals surface area contributed by atoms with Gasteiger partial charge in [0, 0.05) is 17.7 Å². The van der Waals surface area contributed by atoms with Gasteiger partial charge in [0.25, 0.3) is 5.56 Å². The Kier molecular flexibility index (Phi) is 3.54. The van der Waals surface area contributed by atoms with E-state index in [-0.39, 0.29) is 17.9 Å². The summed E-state index contributed by atoms with van der Waals surface area (Å²) in [7, 11) is 1.33. The number of nitrogens with one attached hydrogen (secondary N) is 2. The lowest BCUT2D eigenvalue weighted by Crippen LogP contribution is -2.19. The van der Waals surface area contributed by atoms with Crippen LogP contribution in [0.25, 0.3) is 17.0 Å². The summed E-state index contributed by atoms with van der Waals surface area (Å²) >= 11 is 0. The predicted octanol–water partition coefficient (Wildman–Crippen LogP) is 1.46. The number of hydrogen-bond donors (Lipinski definition) is 2. The van der Waals surface area contributed by atoms with Crippen molar-refractivity contribution in [3.8, 4) is 5.95 Å². The molecular weight excluding hydrogens is 284 g/mol. The Morgan fingerprint density at radius 2 is 2.14 bits per heavy atom. The molecule has 2 heterocycles. The van der Waals surface area contributed by atoms with Gasteiger partial charge in [-0.15, -0.1) is 0 Å². The first-order valence-electron chi connectivity index (χ1n) is 6.92. The van der Waals surface area contributed by atoms with Crippen LogP contribution in [-0.2, 0) is 16.0 Å². The normalized spacial score (nSPS) is 11.0. The van der Waals surface area contributed by atoms with Crippen molar-refractivity contribution in [2.24, 2.45) is 0 Å². The number of para-hydroxylation sites is 2. The number of rotatable bonds is 4. The molecule has 2 aromatic heterocycles. The van der Waals surface area contributed by atoms with Crippen LogP contribution in [0, 0.1) is 6.92 Å². The first-order chi connectivity index (χ1) is 10.6. The van der Waals surface area contributed by atoms with E-state index in [1.54, 1.807) is 6.92 Å². The number of H-pyrrole nitrogens is 2. The Morgan fingerprint density at radius 1 is 1.36 bits per heavy atom. The van der Waals surface area contributed by atoms with E-state index in [4.69, 9.17) is 0 Å². The molecule has 114 valence electrons. The number of aryl methyl sites for hydroxylation is 1. The van der Waals surface area contributed by atoms with E-state index < -0.39 is 0 Å². The van der Waals surface area contributed by atoms with Gasteiger partial charge in [-0.3, -0.25) is 14.7 Å². The number of carbonyl (C=O) groups excluding carboxylic acids is 1. The average molecular weight is 300 g/mol. The Balaban J connectivity index is 1.98. The fraction of sp³-hybridized carbons (Fsp3) is 0.267. The molecule has 0 unspecified atom stereocenters. The van der Waals surface area contributed by atoms with E-state index in [1.165, 1.54) is 11.8 Å². The fourth-order valence-corrected chi connectivity index (χ4v) is 2.40. The van der Waals surface area contributed by atoms with E-state index in [0.717, 1.165) is 11.0 Å². The van der Waals surface area contributed by atoms with Crippen LogP contribution in [-0.4, -0.2) is 32.8 Å². The molecule has 7 nitrogen and oxygen atoms in total. The van der Waals surface area contributed by atoms with Crippen molar-refractivity contribution in [1.82, 2.24) is 19.7 Å². The zero-order valence-corrected chi connectivity index (χ0v) is 12.3. The topological polar surface area (TPSA) is 92.8 Å². The van der Waals surface area contributed by atoms with E-state index in [1.807, 2.05) is 24.3 Å². The third kappa shape index (κ3) is 2.41. The second kappa shape index (κ2) is 5.51. The van der Waals surface area contributed by atoms with Crippen molar-refractivity contribution in [3.05, 3.63) is 45.9 Å². The molecule has 0 atom stereocenters. The van der Waals surface area contributed by atoms with Crippen LogP contribution in [0.5, 0.6) is 0 Å². The molecule has 0 aliphatic carbocycles. The van der Waals surface area contributed by atoms with Crippen molar-refractivity contribution < 1.29 is 9.53 Å². The number of esters is 1. The third-order valence-corrected chi connectivity index (χ3v) is 3.59. The van der Waals surface area contributed by atoms with E-state index in [9.17, 15) is 9.59 Å². The summed E-state index contributed by atoms with van der Waals surface area (Å²) in [5.74, 6) is 0.0916. The molecule has 0 radical (unpaired) electrons. The molecule has 0 amide bonds. The molecular formula is C15H16N4O3. The number of hydrogen-bond acceptors (Lipinski definition) is 4. The number of imidazole rings is 1. The van der Waals surface area contributed by atoms with Crippen LogP contribution in [0.2, 0.25) is 0 Å². The molecule has 1 aromatic carbocycles. The Bertz CT molecular complexity index is 855. The Labute approximate surface area is 125 Å². The molecule has 0 aliphatic heterocycles. The van der Waals surface area contributed by atoms with Crippen molar-refractivity contribution in [2.45, 2.75) is 19.8 Å². The van der Waals surface area contributed by atoms with Crippen molar-refractivity contribution in [2.75, 3.05) is 7.11 Å². The number of fused-ring (bicyclic) bond motifs is 1. The summed E-state index contributed by atoms with van der Waals surface area (Å²) in [6.07, 6.45) is 0.506. The second-order valence-corrected chi connectivity index (χ2v) is 5.01. The SMILES string of the molecule is COC(=O)CCc1c(C)[nH]n(-c2nc3ccccc3[nH]2)c1=O. The molecule has 0 bridgehead atoms. The highest BCUT2D eigenvalue weighted by Crippen LogP contribution is 2.13. The minimum atomic E-state index is -0.338. The maximum Gasteiger partial charge on any atom is 0.305 e. The molecule has 22 heavy (non-hydrogen) atoms. The maximum absolute atomic E-state index is 12.5. The van der Waals surface area contributed by atoms with Crippen molar-refractivity contribution in [1.29, 1.82) is 0 Å². The van der Waals surface area contributed by atoms with Gasteiger partial charge in [-0.25, -0.2) is 4.98 Å². The average Bonchev–Trinajstić information content (AvgIpc) is 3.06. The van der Waals surface area contributed by atoms with Crippen LogP contribution in [0.15, 0.2) is 29.1 Å². The molecule has 0 saturated carbocycles. The lowest BCUT2D eigenvalue weighted by molar-refractivity contribution is -0.140. The Hall–Kier alpha value is -2.83. The van der Waals surface area contributed by atoms with Gasteiger partial charge in [-0.05, 0) is 25.5 Å². The summed E-state index contributed by atoms with van der Waals surface area (Å²) in [6.45, 7) is 1.80. The standard InChI is InChI=1S/C15H16N4O3/c1-9-10(7-8-13(20)22-2)14(21)19(18-9)15-16-11-5-3-4-6-12(11)17-15/h3-6,18H,7-8H2,1-2H3,(H,16,17). The number of aromatic amines is 2. The summed E-state index contributed by atoms with van der Waals surface area (Å²) in [5.41, 5.74) is 2.71. The van der Waals surface area contributed by atoms with Gasteiger partial charge in [0.05, 0.1) is 18.1 Å². The minimum absolute atomic E-state index is 0.171. The first-order valence-corrected chi connectivity index (χ1v) is 6.92. The van der Waals surface area contributed by atoms with Crippen LogP contribution in [0.4, 0.5) is 0 Å². The number of ether oxygens (including phenoxy) is 1. The zero-order chi connectivity index (χ0) is 15.7. The largest absolute Gasteiger partial charge is 0.469 e. The van der Waals surface area contributed by atoms with Crippen molar-refractivity contribution >= 4 is 17.0 Å². The summed E-state index contributed by atoms with van der Waals surface area (Å²) < 4.78 is 5.97. The molecule has 0 fully saturated rings. The van der Waals surface area contributed by atoms with Gasteiger partial charge in [0.15, 0.2) is 0 Å². The number of nitrogens with zero attached hydrogens (tertiary/aromatic N) is 2. The van der Waals surface area contributed by atoms with Gasteiger partial charge in [-0.2, -0.15) is 4.68 Å². The van der Waals surface area contributed by atoms with Crippen LogP contribution >= 0.6 is 0 Å². The minimum Gasteiger partial charge on any atom is -0.469 e. The van der Waals surface area contributed by atoms with E-state index in [2.05, 4.69) is 19.8 Å². The number of benzene rings is 1. The number of aromatic nitrogens is 4. The molecule has 0 saturated heterocycles. The van der Waals surface area contributed by atoms with E-state index >= 15 is 0 Å². The van der Waals surface area contributed by atoms with Gasteiger partial charge in [-0.1, -0.05) is 12.1 Å². The zero-order valence-electron chi connectivity index (χ0n) is 12.3. The molecule has 0 aliphatic rings. The molecule has 2 N–H and O–H groups in total. The quantitative estimate of drug-likeness (QED) is 0.713. The molecule has 7 heteroatoms. The summed E-state index contributed by atoms with van der Waals surface area (Å²) in [4.78, 5) is 31.2. The first kappa shape index (κ1) is 14.1. The van der Waals surface area contributed by atoms with Crippen LogP contribution < -0.4 is 5.56 Å². The van der Waals surface area contributed by atoms with Gasteiger partial charge in [0.2, 0.25) is 5.95 Å². The van der Waals surface area contributed by atoms with Gasteiger partial charge >= 0.3 is 5.97 Å². The smallest absolute Gasteiger partial charge is 0.305 e. The second-order valence-electron chi connectivity index (χ2n) is 5.01. The van der Waals surface area contributed by atoms with Crippen molar-refractivity contribution in [3.63, 3.8) is 0 Å². The number of carbonyl (C=O) groups is 1. The third-order valence-electron chi connectivity index (χ3n) is 3.59. The highest BCUT2D eigenvalue weighted by molar-refractivity contribution is 5.75. The highest BCUT2D eigenvalue weighted by atomic mass is 16.5. The molecule has 0 spiro atoms. The van der Waals surface area contributed by atoms with Gasteiger partial charge in [0.1, 0.15) is 0 Å². The summed E-state index contributed by atoms with van der Waals surface area (Å²) in [5, 5.41) is 2.99. The van der Waals surface area contributed by atoms with Gasteiger partial charge < -0.3 is 9.72 Å². The monoisotopic (exact) mass is 300 g/mol. The number of methoxy groups -OCH3 is 1. The highest BCUT2D eigenvalue weighted by Gasteiger charge is 2.16. The van der Waals surface area contributed by atoms with E-state index in [0.29, 0.717) is 23.6 Å². The van der Waals surface area contributed by atoms with Crippen LogP contribution in [0.3, 0.4) is 0 Å². The lowest BCUT2D eigenvalue weighted by Gasteiger charge is -1.97. The summed E-state index contributed by atoms with van der Waals surface area (Å²) in [6, 6.07) is 7.55. The molecule has 3 aromatic rings. The molecule has 3 rings (SSSR count). The maximum atomic E-state index is 12.5. The fourth-order valence-electron chi connectivity index (χ4n) is 2.40. The van der Waals surface area contributed by atoms with Crippen LogP contribution in [0.1, 0.15) is 17.7 Å². The predicted molar refractivity (Wildman–Crippen MR) is 81.1 cm³/mol. The lowest BCUT2D eigenvalue weighted by atomic mass is 10.1.